The molecule has 2 rings (SSSR count). The van der Waals surface area contributed by atoms with Gasteiger partial charge in [-0.15, -0.1) is 0 Å². The number of hydrogen-bond acceptors (Lipinski definition) is 4. The van der Waals surface area contributed by atoms with Crippen molar-refractivity contribution >= 4 is 11.8 Å². The van der Waals surface area contributed by atoms with Crippen molar-refractivity contribution in [2.24, 2.45) is 5.92 Å². The molecule has 2 amide bonds. The van der Waals surface area contributed by atoms with E-state index in [0.29, 0.717) is 36.9 Å². The first-order valence-corrected chi connectivity index (χ1v) is 10.3. The first kappa shape index (κ1) is 23.3. The molecule has 162 valence electrons. The summed E-state index contributed by atoms with van der Waals surface area (Å²) in [7, 11) is 1.60. The molecule has 0 saturated heterocycles. The maximum Gasteiger partial charge on any atom is 0.261 e. The molecule has 0 aliphatic heterocycles. The summed E-state index contributed by atoms with van der Waals surface area (Å²) in [6.45, 7) is 6.70. The lowest BCUT2D eigenvalue weighted by Gasteiger charge is -2.31. The van der Waals surface area contributed by atoms with E-state index in [0.717, 1.165) is 5.56 Å². The summed E-state index contributed by atoms with van der Waals surface area (Å²) in [4.78, 5) is 27.5. The molecule has 6 nitrogen and oxygen atoms in total. The van der Waals surface area contributed by atoms with Crippen molar-refractivity contribution in [3.8, 4) is 11.5 Å². The lowest BCUT2D eigenvalue weighted by Crippen LogP contribution is -2.50. The molecule has 30 heavy (non-hydrogen) atoms. The number of hydrogen-bond donors (Lipinski definition) is 1. The summed E-state index contributed by atoms with van der Waals surface area (Å²) < 4.78 is 11.0. The van der Waals surface area contributed by atoms with E-state index in [1.807, 2.05) is 63.2 Å². The monoisotopic (exact) mass is 412 g/mol. The van der Waals surface area contributed by atoms with Crippen LogP contribution in [0.1, 0.15) is 32.8 Å². The van der Waals surface area contributed by atoms with Crippen molar-refractivity contribution in [3.63, 3.8) is 0 Å². The third-order valence-corrected chi connectivity index (χ3v) is 4.66. The van der Waals surface area contributed by atoms with Crippen molar-refractivity contribution < 1.29 is 19.1 Å². The summed E-state index contributed by atoms with van der Waals surface area (Å²) >= 11 is 0. The van der Waals surface area contributed by atoms with Gasteiger partial charge in [0.25, 0.3) is 5.91 Å². The highest BCUT2D eigenvalue weighted by atomic mass is 16.5. The Hall–Kier alpha value is -3.02. The van der Waals surface area contributed by atoms with Gasteiger partial charge in [0.2, 0.25) is 5.91 Å². The summed E-state index contributed by atoms with van der Waals surface area (Å²) in [5, 5.41) is 2.95. The van der Waals surface area contributed by atoms with E-state index in [9.17, 15) is 9.59 Å². The molecule has 2 aromatic carbocycles. The van der Waals surface area contributed by atoms with Crippen LogP contribution in [0.15, 0.2) is 54.6 Å². The predicted octanol–water partition coefficient (Wildman–Crippen LogP) is 3.65. The Labute approximate surface area is 179 Å². The van der Waals surface area contributed by atoms with Gasteiger partial charge in [-0.2, -0.15) is 0 Å². The van der Waals surface area contributed by atoms with E-state index >= 15 is 0 Å². The molecule has 1 N–H and O–H groups in total. The van der Waals surface area contributed by atoms with Gasteiger partial charge in [-0.05, 0) is 42.2 Å². The van der Waals surface area contributed by atoms with Crippen molar-refractivity contribution in [3.05, 3.63) is 60.2 Å². The highest BCUT2D eigenvalue weighted by Gasteiger charge is 2.29. The predicted molar refractivity (Wildman–Crippen MR) is 117 cm³/mol. The molecule has 0 aliphatic rings. The fraction of sp³-hybridized carbons (Fsp3) is 0.417. The van der Waals surface area contributed by atoms with Crippen molar-refractivity contribution in [1.29, 1.82) is 0 Å². The van der Waals surface area contributed by atoms with Crippen molar-refractivity contribution in [2.45, 2.75) is 39.8 Å². The van der Waals surface area contributed by atoms with Gasteiger partial charge in [-0.25, -0.2) is 0 Å². The van der Waals surface area contributed by atoms with Gasteiger partial charge in [0, 0.05) is 13.1 Å². The normalized spacial score (nSPS) is 11.6. The number of nitrogens with zero attached hydrogens (tertiary/aromatic N) is 1. The Kier molecular flexibility index (Phi) is 9.19. The molecule has 0 spiro atoms. The molecule has 0 unspecified atom stereocenters. The molecule has 1 atom stereocenters. The van der Waals surface area contributed by atoms with Gasteiger partial charge in [-0.3, -0.25) is 9.59 Å². The van der Waals surface area contributed by atoms with Gasteiger partial charge in [0.1, 0.15) is 17.5 Å². The van der Waals surface area contributed by atoms with E-state index in [1.165, 1.54) is 0 Å². The molecule has 0 radical (unpaired) electrons. The second kappa shape index (κ2) is 11.9. The number of para-hydroxylation sites is 1. The van der Waals surface area contributed by atoms with Gasteiger partial charge < -0.3 is 19.7 Å². The minimum absolute atomic E-state index is 0.137. The van der Waals surface area contributed by atoms with Crippen LogP contribution in [0.2, 0.25) is 0 Å². The second-order valence-corrected chi connectivity index (χ2v) is 7.54. The molecule has 0 heterocycles. The van der Waals surface area contributed by atoms with Gasteiger partial charge in [0.05, 0.1) is 7.11 Å². The van der Waals surface area contributed by atoms with Crippen LogP contribution in [0.5, 0.6) is 11.5 Å². The maximum atomic E-state index is 13.1. The molecular formula is C24H32N2O4. The van der Waals surface area contributed by atoms with Gasteiger partial charge >= 0.3 is 0 Å². The molecule has 0 saturated carbocycles. The Morgan fingerprint density at radius 3 is 2.37 bits per heavy atom. The summed E-state index contributed by atoms with van der Waals surface area (Å²) in [6, 6.07) is 16.1. The fourth-order valence-corrected chi connectivity index (χ4v) is 3.05. The maximum absolute atomic E-state index is 13.1. The van der Waals surface area contributed by atoms with Crippen LogP contribution in [0, 0.1) is 5.92 Å². The number of nitrogens with one attached hydrogen (secondary N) is 1. The highest BCUT2D eigenvalue weighted by Crippen LogP contribution is 2.18. The van der Waals surface area contributed by atoms with E-state index in [2.05, 4.69) is 5.32 Å². The summed E-state index contributed by atoms with van der Waals surface area (Å²) in [5.41, 5.74) is 0.887. The van der Waals surface area contributed by atoms with Crippen molar-refractivity contribution in [1.82, 2.24) is 10.2 Å². The lowest BCUT2D eigenvalue weighted by molar-refractivity contribution is -0.143. The van der Waals surface area contributed by atoms with Crippen molar-refractivity contribution in [2.75, 3.05) is 20.3 Å². The van der Waals surface area contributed by atoms with Gasteiger partial charge in [0.15, 0.2) is 6.61 Å². The van der Waals surface area contributed by atoms with Crippen LogP contribution in [0.3, 0.4) is 0 Å². The van der Waals surface area contributed by atoms with E-state index in [4.69, 9.17) is 9.47 Å². The van der Waals surface area contributed by atoms with Crippen LogP contribution in [-0.4, -0.2) is 43.0 Å². The average molecular weight is 413 g/mol. The molecule has 6 heteroatoms. The van der Waals surface area contributed by atoms with E-state index < -0.39 is 6.04 Å². The third-order valence-electron chi connectivity index (χ3n) is 4.66. The Balaban J connectivity index is 2.20. The van der Waals surface area contributed by atoms with Crippen LogP contribution in [0.25, 0.3) is 0 Å². The lowest BCUT2D eigenvalue weighted by atomic mass is 10.1. The molecule has 2 aromatic rings. The molecule has 0 aliphatic carbocycles. The highest BCUT2D eigenvalue weighted by molar-refractivity contribution is 5.88. The largest absolute Gasteiger partial charge is 0.497 e. The van der Waals surface area contributed by atoms with Gasteiger partial charge in [-0.1, -0.05) is 51.1 Å². The zero-order valence-electron chi connectivity index (χ0n) is 18.3. The minimum atomic E-state index is -0.582. The number of amides is 2. The van der Waals surface area contributed by atoms with E-state index in [1.54, 1.807) is 24.1 Å². The molecule has 0 bridgehead atoms. The Morgan fingerprint density at radius 1 is 1.03 bits per heavy atom. The first-order chi connectivity index (χ1) is 14.4. The standard InChI is InChI=1S/C24H32N2O4/c1-5-22(24(28)25-15-18(2)3)26(16-19-10-9-13-21(14-19)29-4)23(27)17-30-20-11-7-6-8-12-20/h6-14,18,22H,5,15-17H2,1-4H3,(H,25,28)/t22-/m1/s1. The number of rotatable bonds is 11. The van der Waals surface area contributed by atoms with Crippen LogP contribution < -0.4 is 14.8 Å². The number of ether oxygens (including phenoxy) is 2. The topological polar surface area (TPSA) is 67.9 Å². The molecule has 0 aromatic heterocycles. The molecular weight excluding hydrogens is 380 g/mol. The number of benzene rings is 2. The fourth-order valence-electron chi connectivity index (χ4n) is 3.05. The number of carbonyl (C=O) groups is 2. The second-order valence-electron chi connectivity index (χ2n) is 7.54. The minimum Gasteiger partial charge on any atom is -0.497 e. The zero-order valence-corrected chi connectivity index (χ0v) is 18.3. The quantitative estimate of drug-likeness (QED) is 0.612. The SMILES string of the molecule is CC[C@H](C(=O)NCC(C)C)N(Cc1cccc(OC)c1)C(=O)COc1ccccc1. The average Bonchev–Trinajstić information content (AvgIpc) is 2.76. The number of methoxy groups -OCH3 is 1. The Bertz CT molecular complexity index is 808. The third kappa shape index (κ3) is 7.10. The first-order valence-electron chi connectivity index (χ1n) is 10.3. The van der Waals surface area contributed by atoms with Crippen LogP contribution in [0.4, 0.5) is 0 Å². The number of carbonyl (C=O) groups excluding carboxylic acids is 2. The summed E-state index contributed by atoms with van der Waals surface area (Å²) in [6.07, 6.45) is 0.505. The van der Waals surface area contributed by atoms with Crippen LogP contribution in [-0.2, 0) is 16.1 Å². The van der Waals surface area contributed by atoms with E-state index in [-0.39, 0.29) is 18.4 Å². The molecule has 0 fully saturated rings. The van der Waals surface area contributed by atoms with Crippen LogP contribution >= 0.6 is 0 Å². The summed E-state index contributed by atoms with van der Waals surface area (Å²) in [5.74, 6) is 1.26. The Morgan fingerprint density at radius 2 is 1.73 bits per heavy atom. The zero-order chi connectivity index (χ0) is 21.9. The smallest absolute Gasteiger partial charge is 0.261 e.